The Morgan fingerprint density at radius 1 is 0.733 bits per heavy atom. The largest absolute Gasteiger partial charge is 0.466 e. The van der Waals surface area contributed by atoms with E-state index in [0.29, 0.717) is 49.7 Å². The number of hydrogen-bond donors (Lipinski definition) is 0. The minimum atomic E-state index is -0.516. The molecule has 0 aromatic heterocycles. The van der Waals surface area contributed by atoms with Gasteiger partial charge in [0, 0.05) is 24.3 Å². The van der Waals surface area contributed by atoms with Crippen LogP contribution in [0.25, 0.3) is 0 Å². The van der Waals surface area contributed by atoms with Crippen LogP contribution in [0.2, 0.25) is 0 Å². The first-order valence-corrected chi connectivity index (χ1v) is 9.71. The molecule has 0 saturated carbocycles. The van der Waals surface area contributed by atoms with Crippen molar-refractivity contribution in [3.63, 3.8) is 0 Å². The van der Waals surface area contributed by atoms with E-state index in [9.17, 15) is 19.2 Å². The second-order valence-electron chi connectivity index (χ2n) is 6.40. The SMILES string of the molecule is COC(=O)/C=C1\C=C/C(=O)OCCCCC(=C/C(=O)OC)/C=C\C(=O)OCCCC1. The van der Waals surface area contributed by atoms with E-state index in [1.807, 2.05) is 0 Å². The van der Waals surface area contributed by atoms with Gasteiger partial charge in [0.2, 0.25) is 0 Å². The van der Waals surface area contributed by atoms with Crippen LogP contribution in [0.3, 0.4) is 0 Å². The number of carbonyl (C=O) groups is 4. The summed E-state index contributed by atoms with van der Waals surface area (Å²) in [4.78, 5) is 46.7. The fourth-order valence-corrected chi connectivity index (χ4v) is 2.48. The highest BCUT2D eigenvalue weighted by atomic mass is 16.5. The van der Waals surface area contributed by atoms with E-state index in [-0.39, 0.29) is 13.2 Å². The lowest BCUT2D eigenvalue weighted by molar-refractivity contribution is -0.138. The Morgan fingerprint density at radius 3 is 1.50 bits per heavy atom. The molecular weight excluding hydrogens is 392 g/mol. The Morgan fingerprint density at radius 2 is 1.13 bits per heavy atom. The summed E-state index contributed by atoms with van der Waals surface area (Å²) in [6.45, 7) is 0.410. The number of cyclic esters (lactones) is 2. The van der Waals surface area contributed by atoms with E-state index in [2.05, 4.69) is 9.47 Å². The van der Waals surface area contributed by atoms with Gasteiger partial charge in [-0.05, 0) is 49.7 Å². The second kappa shape index (κ2) is 14.8. The van der Waals surface area contributed by atoms with E-state index in [1.54, 1.807) is 0 Å². The summed E-state index contributed by atoms with van der Waals surface area (Å²) in [5.41, 5.74) is 1.23. The third-order valence-corrected chi connectivity index (χ3v) is 4.08. The van der Waals surface area contributed by atoms with Crippen molar-refractivity contribution in [2.24, 2.45) is 0 Å². The number of rotatable bonds is 2. The van der Waals surface area contributed by atoms with Gasteiger partial charge in [-0.3, -0.25) is 0 Å². The standard InChI is InChI=1S/C22H28O8/c1-27-21(25)15-17-7-3-5-13-30-20(24)12-10-18(16-22(26)28-2)8-4-6-14-29-19(23)11-9-17/h9-12,15-16H,3-8,13-14H2,1-2H3/b11-9-,12-10-,17-15-,18-16-. The van der Waals surface area contributed by atoms with Crippen molar-refractivity contribution in [2.45, 2.75) is 38.5 Å². The zero-order valence-electron chi connectivity index (χ0n) is 17.4. The predicted octanol–water partition coefficient (Wildman–Crippen LogP) is 2.74. The molecule has 164 valence electrons. The summed E-state index contributed by atoms with van der Waals surface area (Å²) in [6.07, 6.45) is 11.6. The Bertz CT molecular complexity index is 665. The number of esters is 4. The number of carbonyl (C=O) groups excluding carboxylic acids is 4. The maximum absolute atomic E-state index is 11.9. The van der Waals surface area contributed by atoms with Crippen LogP contribution in [0.4, 0.5) is 0 Å². The Hall–Kier alpha value is -3.16. The Balaban J connectivity index is 2.84. The second-order valence-corrected chi connectivity index (χ2v) is 6.40. The zero-order chi connectivity index (χ0) is 22.2. The molecule has 0 aromatic carbocycles. The monoisotopic (exact) mass is 420 g/mol. The van der Waals surface area contributed by atoms with Crippen molar-refractivity contribution < 1.29 is 38.1 Å². The van der Waals surface area contributed by atoms with Gasteiger partial charge in [0.25, 0.3) is 0 Å². The van der Waals surface area contributed by atoms with E-state index >= 15 is 0 Å². The molecule has 0 N–H and O–H groups in total. The smallest absolute Gasteiger partial charge is 0.330 e. The molecule has 30 heavy (non-hydrogen) atoms. The van der Waals surface area contributed by atoms with Crippen LogP contribution in [-0.4, -0.2) is 51.3 Å². The minimum Gasteiger partial charge on any atom is -0.466 e. The van der Waals surface area contributed by atoms with Crippen molar-refractivity contribution in [1.82, 2.24) is 0 Å². The lowest BCUT2D eigenvalue weighted by atomic mass is 10.1. The summed E-state index contributed by atoms with van der Waals surface area (Å²) >= 11 is 0. The van der Waals surface area contributed by atoms with Gasteiger partial charge in [0.05, 0.1) is 27.4 Å². The first-order valence-electron chi connectivity index (χ1n) is 9.71. The quantitative estimate of drug-likeness (QED) is 0.381. The van der Waals surface area contributed by atoms with E-state index in [4.69, 9.17) is 9.47 Å². The number of hydrogen-bond acceptors (Lipinski definition) is 8. The third-order valence-electron chi connectivity index (χ3n) is 4.08. The van der Waals surface area contributed by atoms with Gasteiger partial charge < -0.3 is 18.9 Å². The van der Waals surface area contributed by atoms with Crippen LogP contribution < -0.4 is 0 Å². The van der Waals surface area contributed by atoms with Crippen molar-refractivity contribution in [2.75, 3.05) is 27.4 Å². The third kappa shape index (κ3) is 11.6. The normalized spacial score (nSPS) is 22.2. The lowest BCUT2D eigenvalue weighted by Crippen LogP contribution is -2.05. The summed E-state index contributed by atoms with van der Waals surface area (Å²) < 4.78 is 19.5. The fourth-order valence-electron chi connectivity index (χ4n) is 2.48. The molecule has 0 aliphatic carbocycles. The van der Waals surface area contributed by atoms with Crippen LogP contribution in [0.15, 0.2) is 47.6 Å². The number of ether oxygens (including phenoxy) is 4. The molecule has 0 bridgehead atoms. The fraction of sp³-hybridized carbons (Fsp3) is 0.455. The predicted molar refractivity (Wildman–Crippen MR) is 108 cm³/mol. The van der Waals surface area contributed by atoms with Crippen LogP contribution in [0.5, 0.6) is 0 Å². The van der Waals surface area contributed by atoms with Gasteiger partial charge in [-0.1, -0.05) is 12.2 Å². The van der Waals surface area contributed by atoms with Gasteiger partial charge in [-0.25, -0.2) is 19.2 Å². The molecule has 0 spiro atoms. The molecule has 8 nitrogen and oxygen atoms in total. The topological polar surface area (TPSA) is 105 Å². The summed E-state index contributed by atoms with van der Waals surface area (Å²) in [5.74, 6) is -2.05. The van der Waals surface area contributed by atoms with Crippen LogP contribution in [0.1, 0.15) is 38.5 Å². The van der Waals surface area contributed by atoms with Crippen LogP contribution in [0, 0.1) is 0 Å². The maximum atomic E-state index is 11.9. The number of methoxy groups -OCH3 is 2. The average molecular weight is 420 g/mol. The molecule has 0 amide bonds. The molecule has 0 unspecified atom stereocenters. The van der Waals surface area contributed by atoms with Gasteiger partial charge in [0.15, 0.2) is 0 Å². The van der Waals surface area contributed by atoms with Crippen molar-refractivity contribution in [3.8, 4) is 0 Å². The Kier molecular flexibility index (Phi) is 12.3. The molecular formula is C22H28O8. The molecule has 0 saturated heterocycles. The highest BCUT2D eigenvalue weighted by Crippen LogP contribution is 2.12. The highest BCUT2D eigenvalue weighted by Gasteiger charge is 2.06. The van der Waals surface area contributed by atoms with Crippen LogP contribution in [-0.2, 0) is 38.1 Å². The van der Waals surface area contributed by atoms with Crippen LogP contribution >= 0.6 is 0 Å². The number of allylic oxidation sites excluding steroid dienone is 4. The Labute approximate surface area is 176 Å². The van der Waals surface area contributed by atoms with E-state index in [0.717, 1.165) is 0 Å². The lowest BCUT2D eigenvalue weighted by Gasteiger charge is -2.06. The summed E-state index contributed by atoms with van der Waals surface area (Å²) in [6, 6.07) is 0. The van der Waals surface area contributed by atoms with Crippen molar-refractivity contribution in [1.29, 1.82) is 0 Å². The van der Waals surface area contributed by atoms with E-state index in [1.165, 1.54) is 50.7 Å². The maximum Gasteiger partial charge on any atom is 0.330 e. The van der Waals surface area contributed by atoms with Gasteiger partial charge in [0.1, 0.15) is 0 Å². The molecule has 0 aromatic rings. The van der Waals surface area contributed by atoms with Gasteiger partial charge in [-0.2, -0.15) is 0 Å². The molecule has 0 fully saturated rings. The van der Waals surface area contributed by atoms with Crippen molar-refractivity contribution in [3.05, 3.63) is 47.6 Å². The van der Waals surface area contributed by atoms with Gasteiger partial charge in [-0.15, -0.1) is 0 Å². The average Bonchev–Trinajstić information content (AvgIpc) is 2.73. The molecule has 8 heteroatoms. The summed E-state index contributed by atoms with van der Waals surface area (Å²) in [7, 11) is 2.55. The van der Waals surface area contributed by atoms with Gasteiger partial charge >= 0.3 is 23.9 Å². The highest BCUT2D eigenvalue weighted by molar-refractivity contribution is 5.86. The molecule has 1 aliphatic rings. The minimum absolute atomic E-state index is 0.205. The molecule has 1 aliphatic heterocycles. The molecule has 1 rings (SSSR count). The first kappa shape index (κ1) is 24.9. The summed E-state index contributed by atoms with van der Waals surface area (Å²) in [5, 5.41) is 0. The molecule has 1 heterocycles. The zero-order valence-corrected chi connectivity index (χ0v) is 17.4. The molecule has 0 radical (unpaired) electrons. The van der Waals surface area contributed by atoms with Crippen molar-refractivity contribution >= 4 is 23.9 Å². The first-order chi connectivity index (χ1) is 14.4. The molecule has 0 atom stereocenters. The van der Waals surface area contributed by atoms with E-state index < -0.39 is 23.9 Å².